The molecule has 0 saturated carbocycles. The van der Waals surface area contributed by atoms with E-state index < -0.39 is 0 Å². The van der Waals surface area contributed by atoms with E-state index in [1.807, 2.05) is 35.2 Å². The van der Waals surface area contributed by atoms with Gasteiger partial charge in [0.25, 0.3) is 5.91 Å². The molecule has 1 aliphatic rings. The molecule has 1 aliphatic heterocycles. The van der Waals surface area contributed by atoms with E-state index in [9.17, 15) is 9.59 Å². The Labute approximate surface area is 177 Å². The molecule has 6 nitrogen and oxygen atoms in total. The van der Waals surface area contributed by atoms with Gasteiger partial charge in [0.2, 0.25) is 0 Å². The summed E-state index contributed by atoms with van der Waals surface area (Å²) in [7, 11) is 0. The summed E-state index contributed by atoms with van der Waals surface area (Å²) in [6, 6.07) is 16.7. The van der Waals surface area contributed by atoms with E-state index >= 15 is 0 Å². The SMILES string of the molecule is O=C(Nc1ccccc1)Nc1ccc(C(=O)N2CCN(Cc3cccs3)CC2)s1. The second kappa shape index (κ2) is 9.21. The zero-order valence-electron chi connectivity index (χ0n) is 15.8. The summed E-state index contributed by atoms with van der Waals surface area (Å²) in [6.45, 7) is 4.14. The van der Waals surface area contributed by atoms with Crippen molar-refractivity contribution in [2.45, 2.75) is 6.54 Å². The summed E-state index contributed by atoms with van der Waals surface area (Å²) in [5.41, 5.74) is 0.721. The molecule has 150 valence electrons. The van der Waals surface area contributed by atoms with Crippen LogP contribution in [0.5, 0.6) is 0 Å². The Hall–Kier alpha value is -2.68. The van der Waals surface area contributed by atoms with Crippen LogP contribution in [-0.2, 0) is 6.54 Å². The molecule has 29 heavy (non-hydrogen) atoms. The van der Waals surface area contributed by atoms with Gasteiger partial charge in [0.15, 0.2) is 0 Å². The highest BCUT2D eigenvalue weighted by Gasteiger charge is 2.23. The number of carbonyl (C=O) groups is 2. The van der Waals surface area contributed by atoms with E-state index in [0.29, 0.717) is 9.88 Å². The maximum atomic E-state index is 12.8. The van der Waals surface area contributed by atoms with Crippen LogP contribution in [0, 0.1) is 0 Å². The zero-order valence-corrected chi connectivity index (χ0v) is 17.5. The second-order valence-electron chi connectivity index (χ2n) is 6.76. The van der Waals surface area contributed by atoms with Crippen molar-refractivity contribution in [1.82, 2.24) is 9.80 Å². The molecular weight excluding hydrogens is 404 g/mol. The smallest absolute Gasteiger partial charge is 0.324 e. The van der Waals surface area contributed by atoms with Gasteiger partial charge in [0, 0.05) is 43.3 Å². The first kappa shape index (κ1) is 19.6. The van der Waals surface area contributed by atoms with Crippen molar-refractivity contribution >= 4 is 45.3 Å². The summed E-state index contributed by atoms with van der Waals surface area (Å²) in [6.07, 6.45) is 0. The topological polar surface area (TPSA) is 64.7 Å². The van der Waals surface area contributed by atoms with Crippen LogP contribution in [0.25, 0.3) is 0 Å². The molecule has 0 radical (unpaired) electrons. The number of hydrogen-bond acceptors (Lipinski definition) is 5. The molecule has 1 fully saturated rings. The third-order valence-corrected chi connectivity index (χ3v) is 6.55. The van der Waals surface area contributed by atoms with Crippen LogP contribution in [0.2, 0.25) is 0 Å². The number of para-hydroxylation sites is 1. The lowest BCUT2D eigenvalue weighted by molar-refractivity contribution is 0.0634. The quantitative estimate of drug-likeness (QED) is 0.635. The molecule has 0 unspecified atom stereocenters. The van der Waals surface area contributed by atoms with Gasteiger partial charge < -0.3 is 10.2 Å². The van der Waals surface area contributed by atoms with Crippen LogP contribution in [0.3, 0.4) is 0 Å². The number of urea groups is 1. The first-order chi connectivity index (χ1) is 14.2. The molecular formula is C21H22N4O2S2. The lowest BCUT2D eigenvalue weighted by Crippen LogP contribution is -2.48. The number of hydrogen-bond donors (Lipinski definition) is 2. The van der Waals surface area contributed by atoms with Crippen molar-refractivity contribution in [3.8, 4) is 0 Å². The number of benzene rings is 1. The van der Waals surface area contributed by atoms with Crippen LogP contribution in [0.15, 0.2) is 60.0 Å². The number of nitrogens with zero attached hydrogens (tertiary/aromatic N) is 2. The van der Waals surface area contributed by atoms with Gasteiger partial charge in [-0.25, -0.2) is 4.79 Å². The van der Waals surface area contributed by atoms with Gasteiger partial charge >= 0.3 is 6.03 Å². The summed E-state index contributed by atoms with van der Waals surface area (Å²) in [5, 5.41) is 8.31. The van der Waals surface area contributed by atoms with E-state index in [2.05, 4.69) is 33.0 Å². The van der Waals surface area contributed by atoms with Crippen molar-refractivity contribution in [1.29, 1.82) is 0 Å². The van der Waals surface area contributed by atoms with E-state index in [1.54, 1.807) is 23.5 Å². The number of anilines is 2. The van der Waals surface area contributed by atoms with Crippen molar-refractivity contribution in [2.75, 3.05) is 36.8 Å². The zero-order chi connectivity index (χ0) is 20.1. The van der Waals surface area contributed by atoms with Gasteiger partial charge in [-0.15, -0.1) is 22.7 Å². The van der Waals surface area contributed by atoms with Gasteiger partial charge in [-0.1, -0.05) is 24.3 Å². The highest BCUT2D eigenvalue weighted by Crippen LogP contribution is 2.24. The number of thiophene rings is 2. The first-order valence-electron chi connectivity index (χ1n) is 9.44. The van der Waals surface area contributed by atoms with Crippen LogP contribution in [0.1, 0.15) is 14.5 Å². The molecule has 3 amide bonds. The molecule has 2 N–H and O–H groups in total. The molecule has 0 atom stereocenters. The molecule has 3 aromatic rings. The summed E-state index contributed by atoms with van der Waals surface area (Å²) >= 11 is 3.07. The third-order valence-electron chi connectivity index (χ3n) is 4.70. The van der Waals surface area contributed by atoms with Crippen molar-refractivity contribution in [3.05, 3.63) is 69.7 Å². The Balaban J connectivity index is 1.28. The molecule has 0 spiro atoms. The predicted octanol–water partition coefficient (Wildman–Crippen LogP) is 4.41. The van der Waals surface area contributed by atoms with Crippen molar-refractivity contribution < 1.29 is 9.59 Å². The molecule has 0 aliphatic carbocycles. The molecule has 2 aromatic heterocycles. The Morgan fingerprint density at radius 3 is 2.41 bits per heavy atom. The molecule has 4 rings (SSSR count). The highest BCUT2D eigenvalue weighted by atomic mass is 32.1. The summed E-state index contributed by atoms with van der Waals surface area (Å²) < 4.78 is 0. The molecule has 0 bridgehead atoms. The average molecular weight is 427 g/mol. The fourth-order valence-electron chi connectivity index (χ4n) is 3.20. The number of carbonyl (C=O) groups excluding carboxylic acids is 2. The maximum Gasteiger partial charge on any atom is 0.324 e. The molecule has 1 aromatic carbocycles. The summed E-state index contributed by atoms with van der Waals surface area (Å²) in [5.74, 6) is 0.0299. The Kier molecular flexibility index (Phi) is 6.24. The monoisotopic (exact) mass is 426 g/mol. The number of nitrogens with one attached hydrogen (secondary N) is 2. The normalized spacial score (nSPS) is 14.6. The highest BCUT2D eigenvalue weighted by molar-refractivity contribution is 7.18. The largest absolute Gasteiger partial charge is 0.335 e. The van der Waals surface area contributed by atoms with Crippen LogP contribution in [0.4, 0.5) is 15.5 Å². The van der Waals surface area contributed by atoms with E-state index in [1.165, 1.54) is 16.2 Å². The van der Waals surface area contributed by atoms with Gasteiger partial charge in [0.05, 0.1) is 9.88 Å². The molecule has 8 heteroatoms. The van der Waals surface area contributed by atoms with E-state index in [4.69, 9.17) is 0 Å². The Morgan fingerprint density at radius 2 is 1.69 bits per heavy atom. The van der Waals surface area contributed by atoms with Gasteiger partial charge in [-0.3, -0.25) is 15.0 Å². The van der Waals surface area contributed by atoms with Crippen LogP contribution >= 0.6 is 22.7 Å². The Bertz CT molecular complexity index is 948. The van der Waals surface area contributed by atoms with Crippen LogP contribution in [-0.4, -0.2) is 47.9 Å². The van der Waals surface area contributed by atoms with Gasteiger partial charge in [-0.2, -0.15) is 0 Å². The minimum Gasteiger partial charge on any atom is -0.335 e. The molecule has 1 saturated heterocycles. The van der Waals surface area contributed by atoms with Crippen LogP contribution < -0.4 is 10.6 Å². The Morgan fingerprint density at radius 1 is 0.897 bits per heavy atom. The van der Waals surface area contributed by atoms with Gasteiger partial charge in [-0.05, 0) is 35.7 Å². The van der Waals surface area contributed by atoms with Crippen molar-refractivity contribution in [2.24, 2.45) is 0 Å². The number of rotatable bonds is 5. The minimum absolute atomic E-state index is 0.0299. The third kappa shape index (κ3) is 5.23. The minimum atomic E-state index is -0.320. The second-order valence-corrected chi connectivity index (χ2v) is 8.87. The summed E-state index contributed by atoms with van der Waals surface area (Å²) in [4.78, 5) is 31.2. The standard InChI is InChI=1S/C21H22N4O2S2/c26-20(25-12-10-24(11-13-25)15-17-7-4-14-28-17)18-8-9-19(29-18)23-21(27)22-16-5-2-1-3-6-16/h1-9,14H,10-13,15H2,(H2,22,23,27). The average Bonchev–Trinajstić information content (AvgIpc) is 3.41. The fraction of sp³-hybridized carbons (Fsp3) is 0.238. The fourth-order valence-corrected chi connectivity index (χ4v) is 4.82. The van der Waals surface area contributed by atoms with E-state index in [-0.39, 0.29) is 11.9 Å². The molecule has 3 heterocycles. The lowest BCUT2D eigenvalue weighted by atomic mass is 10.3. The first-order valence-corrected chi connectivity index (χ1v) is 11.1. The van der Waals surface area contributed by atoms with Gasteiger partial charge in [0.1, 0.15) is 0 Å². The maximum absolute atomic E-state index is 12.8. The van der Waals surface area contributed by atoms with Crippen molar-refractivity contribution in [3.63, 3.8) is 0 Å². The predicted molar refractivity (Wildman–Crippen MR) is 119 cm³/mol. The number of amides is 3. The lowest BCUT2D eigenvalue weighted by Gasteiger charge is -2.34. The number of piperazine rings is 1. The van der Waals surface area contributed by atoms with E-state index in [0.717, 1.165) is 38.4 Å².